The number of Topliss-reactive ketones (excluding diaryl/α,β-unsaturated/α-hetero) is 1. The second kappa shape index (κ2) is 10.5. The van der Waals surface area contributed by atoms with Crippen LogP contribution in [0, 0.1) is 11.8 Å². The predicted molar refractivity (Wildman–Crippen MR) is 92.9 cm³/mol. The molecular weight excluding hydrogens is 328 g/mol. The molecule has 8 heteroatoms. The van der Waals surface area contributed by atoms with Gasteiger partial charge < -0.3 is 35.8 Å². The molecule has 8 nitrogen and oxygen atoms in total. The van der Waals surface area contributed by atoms with E-state index in [2.05, 4.69) is 10.6 Å². The van der Waals surface area contributed by atoms with Gasteiger partial charge in [0, 0.05) is 11.8 Å². The first kappa shape index (κ1) is 22.4. The smallest absolute Gasteiger partial charge is 0.207 e. The number of hydrogen-bond donors (Lipinski definition) is 6. The number of likely N-dealkylation sites (N-methyl/N-ethyl adjacent to an activating group) is 1. The summed E-state index contributed by atoms with van der Waals surface area (Å²) in [6, 6.07) is -0.141. The molecule has 148 valence electrons. The Balaban J connectivity index is 2.28. The molecule has 5 unspecified atom stereocenters. The summed E-state index contributed by atoms with van der Waals surface area (Å²) >= 11 is 0. The highest BCUT2D eigenvalue weighted by atomic mass is 16.6. The molecule has 5 atom stereocenters. The molecule has 0 aromatic carbocycles. The lowest BCUT2D eigenvalue weighted by atomic mass is 9.90. The van der Waals surface area contributed by atoms with E-state index in [0.29, 0.717) is 6.54 Å². The molecule has 0 radical (unpaired) electrons. The number of nitrogens with one attached hydrogen (secondary N) is 2. The van der Waals surface area contributed by atoms with Crippen molar-refractivity contribution in [3.63, 3.8) is 0 Å². The van der Waals surface area contributed by atoms with Crippen molar-refractivity contribution >= 4 is 5.78 Å². The molecule has 1 rings (SSSR count). The van der Waals surface area contributed by atoms with Gasteiger partial charge in [0.15, 0.2) is 5.78 Å². The number of rotatable bonds is 11. The van der Waals surface area contributed by atoms with Crippen LogP contribution in [-0.2, 0) is 9.53 Å². The van der Waals surface area contributed by atoms with E-state index in [-0.39, 0.29) is 37.5 Å². The maximum absolute atomic E-state index is 12.0. The van der Waals surface area contributed by atoms with E-state index in [1.807, 2.05) is 13.8 Å². The van der Waals surface area contributed by atoms with Crippen LogP contribution >= 0.6 is 0 Å². The van der Waals surface area contributed by atoms with Crippen LogP contribution in [0.2, 0.25) is 0 Å². The Morgan fingerprint density at radius 1 is 1.32 bits per heavy atom. The Morgan fingerprint density at radius 2 is 2.00 bits per heavy atom. The number of unbranched alkanes of at least 4 members (excludes halogenated alkanes) is 1. The van der Waals surface area contributed by atoms with Crippen molar-refractivity contribution in [1.29, 1.82) is 0 Å². The third-order valence-electron chi connectivity index (χ3n) is 4.79. The maximum atomic E-state index is 12.0. The fraction of sp³-hybridized carbons (Fsp3) is 0.941. The van der Waals surface area contributed by atoms with Crippen LogP contribution in [0.15, 0.2) is 0 Å². The van der Waals surface area contributed by atoms with Gasteiger partial charge in [-0.25, -0.2) is 0 Å². The third kappa shape index (κ3) is 6.25. The van der Waals surface area contributed by atoms with Crippen LogP contribution < -0.4 is 10.6 Å². The summed E-state index contributed by atoms with van der Waals surface area (Å²) in [7, 11) is 1.78. The molecule has 0 aromatic rings. The first-order valence-electron chi connectivity index (χ1n) is 9.01. The molecular formula is C17H34N2O6. The summed E-state index contributed by atoms with van der Waals surface area (Å²) in [6.07, 6.45) is -0.326. The molecule has 0 bridgehead atoms. The summed E-state index contributed by atoms with van der Waals surface area (Å²) in [4.78, 5) is 12.0. The lowest BCUT2D eigenvalue weighted by molar-refractivity contribution is -0.312. The van der Waals surface area contributed by atoms with E-state index in [4.69, 9.17) is 9.84 Å². The van der Waals surface area contributed by atoms with Crippen molar-refractivity contribution in [2.45, 2.75) is 57.1 Å². The zero-order valence-corrected chi connectivity index (χ0v) is 15.4. The molecule has 0 aliphatic carbocycles. The Labute approximate surface area is 149 Å². The van der Waals surface area contributed by atoms with E-state index in [1.165, 1.54) is 0 Å². The lowest BCUT2D eigenvalue weighted by Gasteiger charge is -2.42. The van der Waals surface area contributed by atoms with E-state index in [0.717, 1.165) is 19.3 Å². The Morgan fingerprint density at radius 3 is 2.56 bits per heavy atom. The molecule has 0 amide bonds. The van der Waals surface area contributed by atoms with Crippen molar-refractivity contribution in [3.05, 3.63) is 0 Å². The third-order valence-corrected chi connectivity index (χ3v) is 4.79. The van der Waals surface area contributed by atoms with E-state index < -0.39 is 23.9 Å². The average molecular weight is 362 g/mol. The fourth-order valence-electron chi connectivity index (χ4n) is 2.97. The second-order valence-electron chi connectivity index (χ2n) is 7.10. The number of hydrogen-bond acceptors (Lipinski definition) is 8. The van der Waals surface area contributed by atoms with Gasteiger partial charge in [-0.1, -0.05) is 20.3 Å². The topological polar surface area (TPSA) is 131 Å². The summed E-state index contributed by atoms with van der Waals surface area (Å²) in [6.45, 7) is 4.01. The zero-order valence-electron chi connectivity index (χ0n) is 15.4. The largest absolute Gasteiger partial charge is 0.396 e. The van der Waals surface area contributed by atoms with Crippen molar-refractivity contribution in [2.75, 3.05) is 33.4 Å². The zero-order chi connectivity index (χ0) is 19.0. The minimum Gasteiger partial charge on any atom is -0.396 e. The van der Waals surface area contributed by atoms with Gasteiger partial charge in [0.05, 0.1) is 31.9 Å². The van der Waals surface area contributed by atoms with Crippen molar-refractivity contribution in [2.24, 2.45) is 11.8 Å². The maximum Gasteiger partial charge on any atom is 0.207 e. The SMILES string of the molecule is CNC(CCCCNCC1(O)OCC(CO)C(O)C1O)C(=O)C(C)C. The first-order chi connectivity index (χ1) is 11.8. The molecule has 25 heavy (non-hydrogen) atoms. The average Bonchev–Trinajstić information content (AvgIpc) is 2.59. The number of ketones is 1. The van der Waals surface area contributed by atoms with Crippen molar-refractivity contribution in [1.82, 2.24) is 10.6 Å². The van der Waals surface area contributed by atoms with Crippen LogP contribution in [0.5, 0.6) is 0 Å². The Kier molecular flexibility index (Phi) is 9.44. The van der Waals surface area contributed by atoms with E-state index in [9.17, 15) is 20.1 Å². The Hall–Kier alpha value is -0.610. The molecule has 0 saturated carbocycles. The van der Waals surface area contributed by atoms with E-state index >= 15 is 0 Å². The summed E-state index contributed by atoms with van der Waals surface area (Å²) in [5.74, 6) is -2.27. The quantitative estimate of drug-likeness (QED) is 0.248. The van der Waals surface area contributed by atoms with Gasteiger partial charge in [-0.05, 0) is 26.4 Å². The lowest BCUT2D eigenvalue weighted by Crippen LogP contribution is -2.63. The minimum atomic E-state index is -1.87. The molecule has 1 aliphatic heterocycles. The fourth-order valence-corrected chi connectivity index (χ4v) is 2.97. The standard InChI is InChI=1S/C17H34N2O6/c1-11(2)14(21)13(18-3)6-4-5-7-19-10-17(24)16(23)15(22)12(8-20)9-25-17/h11-13,15-16,18-20,22-24H,4-10H2,1-3H3. The van der Waals surface area contributed by atoms with Gasteiger partial charge >= 0.3 is 0 Å². The highest BCUT2D eigenvalue weighted by Crippen LogP contribution is 2.26. The molecule has 1 aliphatic rings. The minimum absolute atomic E-state index is 0.00364. The predicted octanol–water partition coefficient (Wildman–Crippen LogP) is -1.39. The summed E-state index contributed by atoms with van der Waals surface area (Å²) in [5, 5.41) is 45.3. The number of carbonyl (C=O) groups is 1. The number of aliphatic hydroxyl groups excluding tert-OH is 3. The molecule has 0 spiro atoms. The van der Waals surface area contributed by atoms with Crippen LogP contribution in [0.25, 0.3) is 0 Å². The van der Waals surface area contributed by atoms with E-state index in [1.54, 1.807) is 7.05 Å². The van der Waals surface area contributed by atoms with Crippen LogP contribution in [0.3, 0.4) is 0 Å². The molecule has 1 heterocycles. The number of ether oxygens (including phenoxy) is 1. The van der Waals surface area contributed by atoms with Crippen LogP contribution in [0.1, 0.15) is 33.1 Å². The molecule has 1 saturated heterocycles. The van der Waals surface area contributed by atoms with Gasteiger partial charge in [0.2, 0.25) is 5.79 Å². The second-order valence-corrected chi connectivity index (χ2v) is 7.10. The first-order valence-corrected chi connectivity index (χ1v) is 9.01. The van der Waals surface area contributed by atoms with Crippen molar-refractivity contribution < 1.29 is 30.0 Å². The molecule has 0 aromatic heterocycles. The van der Waals surface area contributed by atoms with Crippen LogP contribution in [0.4, 0.5) is 0 Å². The number of carbonyl (C=O) groups excluding carboxylic acids is 1. The van der Waals surface area contributed by atoms with Crippen molar-refractivity contribution in [3.8, 4) is 0 Å². The summed E-state index contributed by atoms with van der Waals surface area (Å²) < 4.78 is 5.24. The van der Waals surface area contributed by atoms with Gasteiger partial charge in [-0.2, -0.15) is 0 Å². The van der Waals surface area contributed by atoms with Crippen LogP contribution in [-0.4, -0.2) is 83.6 Å². The number of aliphatic hydroxyl groups is 4. The molecule has 1 fully saturated rings. The monoisotopic (exact) mass is 362 g/mol. The Bertz CT molecular complexity index is 409. The normalized spacial score (nSPS) is 31.3. The highest BCUT2D eigenvalue weighted by Gasteiger charge is 2.48. The summed E-state index contributed by atoms with van der Waals surface area (Å²) in [5.41, 5.74) is 0. The molecule has 6 N–H and O–H groups in total. The van der Waals surface area contributed by atoms with Gasteiger partial charge in [-0.15, -0.1) is 0 Å². The van der Waals surface area contributed by atoms with Gasteiger partial charge in [0.1, 0.15) is 6.10 Å². The van der Waals surface area contributed by atoms with Gasteiger partial charge in [-0.3, -0.25) is 4.79 Å². The van der Waals surface area contributed by atoms with Gasteiger partial charge in [0.25, 0.3) is 0 Å². The highest BCUT2D eigenvalue weighted by molar-refractivity contribution is 5.85.